The highest BCUT2D eigenvalue weighted by molar-refractivity contribution is 6.31. The maximum absolute atomic E-state index is 6.32. The summed E-state index contributed by atoms with van der Waals surface area (Å²) < 4.78 is 0. The molecule has 2 aliphatic rings. The second-order valence-corrected chi connectivity index (χ2v) is 7.22. The number of piperidine rings is 1. The van der Waals surface area contributed by atoms with E-state index in [2.05, 4.69) is 40.2 Å². The molecule has 0 bridgehead atoms. The number of likely N-dealkylation sites (N-methyl/N-ethyl adjacent to an activating group) is 1. The number of hydrogen-bond acceptors (Lipinski definition) is 4. The first kappa shape index (κ1) is 17.7. The fourth-order valence-electron chi connectivity index (χ4n) is 3.89. The SMILES string of the molecule is C=Cc1c(NC)cc(Cl)cc1N1CCC(C2NC(=C)N(C)C2=C)CC1. The molecule has 3 rings (SSSR count). The minimum Gasteiger partial charge on any atom is -0.388 e. The van der Waals surface area contributed by atoms with Gasteiger partial charge in [-0.3, -0.25) is 0 Å². The zero-order valence-electron chi connectivity index (χ0n) is 15.1. The molecular weight excluding hydrogens is 332 g/mol. The Kier molecular flexibility index (Phi) is 5.00. The molecule has 2 saturated heterocycles. The molecule has 0 saturated carbocycles. The molecule has 0 aromatic heterocycles. The van der Waals surface area contributed by atoms with E-state index in [9.17, 15) is 0 Å². The summed E-state index contributed by atoms with van der Waals surface area (Å²) in [5.41, 5.74) is 4.41. The van der Waals surface area contributed by atoms with E-state index in [0.29, 0.717) is 12.0 Å². The van der Waals surface area contributed by atoms with Crippen LogP contribution in [-0.2, 0) is 0 Å². The number of rotatable bonds is 4. The fourth-order valence-corrected chi connectivity index (χ4v) is 4.10. The maximum atomic E-state index is 6.32. The molecule has 1 aromatic rings. The Balaban J connectivity index is 1.75. The minimum atomic E-state index is 0.297. The lowest BCUT2D eigenvalue weighted by atomic mass is 9.88. The van der Waals surface area contributed by atoms with Gasteiger partial charge in [-0.2, -0.15) is 0 Å². The molecular formula is C20H27ClN4. The van der Waals surface area contributed by atoms with Gasteiger partial charge in [-0.15, -0.1) is 0 Å². The third kappa shape index (κ3) is 3.23. The van der Waals surface area contributed by atoms with E-state index in [-0.39, 0.29) is 0 Å². The molecule has 1 atom stereocenters. The van der Waals surface area contributed by atoms with Crippen LogP contribution in [0.25, 0.3) is 6.08 Å². The van der Waals surface area contributed by atoms with E-state index < -0.39 is 0 Å². The van der Waals surface area contributed by atoms with Crippen molar-refractivity contribution < 1.29 is 0 Å². The monoisotopic (exact) mass is 358 g/mol. The number of halogens is 1. The van der Waals surface area contributed by atoms with Crippen LogP contribution in [0.15, 0.2) is 43.4 Å². The minimum absolute atomic E-state index is 0.297. The van der Waals surface area contributed by atoms with Crippen LogP contribution in [0.2, 0.25) is 5.02 Å². The van der Waals surface area contributed by atoms with Gasteiger partial charge in [0.1, 0.15) is 0 Å². The van der Waals surface area contributed by atoms with Gasteiger partial charge >= 0.3 is 0 Å². The van der Waals surface area contributed by atoms with E-state index in [1.165, 1.54) is 0 Å². The van der Waals surface area contributed by atoms with Crippen molar-refractivity contribution in [2.45, 2.75) is 18.9 Å². The van der Waals surface area contributed by atoms with Crippen molar-refractivity contribution in [1.29, 1.82) is 0 Å². The number of anilines is 2. The second-order valence-electron chi connectivity index (χ2n) is 6.78. The summed E-state index contributed by atoms with van der Waals surface area (Å²) in [5, 5.41) is 7.46. The van der Waals surface area contributed by atoms with E-state index in [1.807, 2.05) is 32.3 Å². The lowest BCUT2D eigenvalue weighted by Gasteiger charge is -2.37. The lowest BCUT2D eigenvalue weighted by Crippen LogP contribution is -2.41. The van der Waals surface area contributed by atoms with Crippen LogP contribution in [0, 0.1) is 5.92 Å². The number of nitrogens with one attached hydrogen (secondary N) is 2. The first-order valence-electron chi connectivity index (χ1n) is 8.73. The summed E-state index contributed by atoms with van der Waals surface area (Å²) in [4.78, 5) is 4.47. The van der Waals surface area contributed by atoms with Crippen molar-refractivity contribution >= 4 is 29.1 Å². The second kappa shape index (κ2) is 7.04. The van der Waals surface area contributed by atoms with Gasteiger partial charge in [0.05, 0.1) is 11.9 Å². The molecule has 0 amide bonds. The first-order valence-corrected chi connectivity index (χ1v) is 9.10. The van der Waals surface area contributed by atoms with Crippen LogP contribution in [0.4, 0.5) is 11.4 Å². The zero-order valence-corrected chi connectivity index (χ0v) is 15.9. The van der Waals surface area contributed by atoms with Crippen LogP contribution < -0.4 is 15.5 Å². The van der Waals surface area contributed by atoms with Crippen molar-refractivity contribution in [2.75, 3.05) is 37.4 Å². The van der Waals surface area contributed by atoms with Crippen molar-refractivity contribution in [3.8, 4) is 0 Å². The quantitative estimate of drug-likeness (QED) is 0.847. The Morgan fingerprint density at radius 3 is 2.48 bits per heavy atom. The Hall–Kier alpha value is -2.07. The summed E-state index contributed by atoms with van der Waals surface area (Å²) in [6.07, 6.45) is 4.12. The Morgan fingerprint density at radius 1 is 1.28 bits per heavy atom. The predicted molar refractivity (Wildman–Crippen MR) is 109 cm³/mol. The molecule has 0 aliphatic carbocycles. The Labute approximate surface area is 155 Å². The van der Waals surface area contributed by atoms with Crippen LogP contribution in [0.1, 0.15) is 18.4 Å². The maximum Gasteiger partial charge on any atom is 0.0984 e. The van der Waals surface area contributed by atoms with Gasteiger partial charge in [0, 0.05) is 54.8 Å². The fraction of sp³-hybridized carbons (Fsp3) is 0.400. The van der Waals surface area contributed by atoms with Gasteiger partial charge in [-0.05, 0) is 30.9 Å². The largest absolute Gasteiger partial charge is 0.388 e. The van der Waals surface area contributed by atoms with Crippen molar-refractivity contribution in [3.05, 3.63) is 54.0 Å². The van der Waals surface area contributed by atoms with Gasteiger partial charge in [-0.25, -0.2) is 0 Å². The highest BCUT2D eigenvalue weighted by Gasteiger charge is 2.35. The average molecular weight is 359 g/mol. The number of nitrogens with zero attached hydrogens (tertiary/aromatic N) is 2. The van der Waals surface area contributed by atoms with Crippen LogP contribution in [-0.4, -0.2) is 38.1 Å². The highest BCUT2D eigenvalue weighted by Crippen LogP contribution is 2.37. The molecule has 5 heteroatoms. The molecule has 4 nitrogen and oxygen atoms in total. The Morgan fingerprint density at radius 2 is 1.96 bits per heavy atom. The van der Waals surface area contributed by atoms with Crippen molar-refractivity contribution in [1.82, 2.24) is 10.2 Å². The lowest BCUT2D eigenvalue weighted by molar-refractivity contribution is 0.346. The first-order chi connectivity index (χ1) is 12.0. The van der Waals surface area contributed by atoms with E-state index in [4.69, 9.17) is 11.6 Å². The summed E-state index contributed by atoms with van der Waals surface area (Å²) in [6.45, 7) is 14.3. The van der Waals surface area contributed by atoms with Gasteiger partial charge in [0.2, 0.25) is 0 Å². The molecule has 1 aromatic carbocycles. The smallest absolute Gasteiger partial charge is 0.0984 e. The van der Waals surface area contributed by atoms with Gasteiger partial charge < -0.3 is 20.4 Å². The van der Waals surface area contributed by atoms with Crippen LogP contribution in [0.3, 0.4) is 0 Å². The standard InChI is InChI=1S/C20H27ClN4/c1-6-17-18(22-4)11-16(21)12-19(17)25-9-7-15(8-10-25)20-13(2)24(5)14(3)23-20/h6,11-12,15,20,22-23H,1-3,7-10H2,4-5H3. The molecule has 2 fully saturated rings. The molecule has 134 valence electrons. The molecule has 0 spiro atoms. The number of hydrogen-bond donors (Lipinski definition) is 2. The Bertz CT molecular complexity index is 704. The normalized spacial score (nSPS) is 21.5. The summed E-state index contributed by atoms with van der Waals surface area (Å²) in [7, 11) is 3.93. The summed E-state index contributed by atoms with van der Waals surface area (Å²) >= 11 is 6.32. The predicted octanol–water partition coefficient (Wildman–Crippen LogP) is 4.13. The third-order valence-corrected chi connectivity index (χ3v) is 5.68. The van der Waals surface area contributed by atoms with E-state index >= 15 is 0 Å². The van der Waals surface area contributed by atoms with E-state index in [1.54, 1.807) is 0 Å². The molecule has 2 N–H and O–H groups in total. The summed E-state index contributed by atoms with van der Waals surface area (Å²) in [5.74, 6) is 1.51. The van der Waals surface area contributed by atoms with Crippen molar-refractivity contribution in [3.63, 3.8) is 0 Å². The topological polar surface area (TPSA) is 30.5 Å². The number of benzene rings is 1. The van der Waals surface area contributed by atoms with Gasteiger partial charge in [0.15, 0.2) is 0 Å². The summed E-state index contributed by atoms with van der Waals surface area (Å²) in [6, 6.07) is 4.29. The van der Waals surface area contributed by atoms with Crippen LogP contribution >= 0.6 is 11.6 Å². The van der Waals surface area contributed by atoms with Gasteiger partial charge in [-0.1, -0.05) is 37.4 Å². The molecule has 1 unspecified atom stereocenters. The average Bonchev–Trinajstić information content (AvgIpc) is 2.88. The van der Waals surface area contributed by atoms with E-state index in [0.717, 1.165) is 59.4 Å². The third-order valence-electron chi connectivity index (χ3n) is 5.46. The molecule has 25 heavy (non-hydrogen) atoms. The highest BCUT2D eigenvalue weighted by atomic mass is 35.5. The molecule has 0 radical (unpaired) electrons. The van der Waals surface area contributed by atoms with Gasteiger partial charge in [0.25, 0.3) is 0 Å². The van der Waals surface area contributed by atoms with Crippen LogP contribution in [0.5, 0.6) is 0 Å². The van der Waals surface area contributed by atoms with Crippen molar-refractivity contribution in [2.24, 2.45) is 5.92 Å². The molecule has 2 aliphatic heterocycles. The molecule has 2 heterocycles. The zero-order chi connectivity index (χ0) is 18.1.